The van der Waals surface area contributed by atoms with E-state index >= 15 is 0 Å². The summed E-state index contributed by atoms with van der Waals surface area (Å²) < 4.78 is 5.59. The van der Waals surface area contributed by atoms with Crippen LogP contribution in [0.4, 0.5) is 0 Å². The van der Waals surface area contributed by atoms with Crippen molar-refractivity contribution in [1.29, 1.82) is 0 Å². The Balaban J connectivity index is 1.83. The van der Waals surface area contributed by atoms with Crippen molar-refractivity contribution in [3.8, 4) is 0 Å². The summed E-state index contributed by atoms with van der Waals surface area (Å²) in [6.45, 7) is 2.86. The van der Waals surface area contributed by atoms with Gasteiger partial charge < -0.3 is 10.5 Å². The minimum Gasteiger partial charge on any atom is -0.377 e. The van der Waals surface area contributed by atoms with E-state index < -0.39 is 0 Å². The number of piperidine rings is 1. The molecule has 0 bridgehead atoms. The van der Waals surface area contributed by atoms with Crippen LogP contribution in [-0.2, 0) is 4.74 Å². The number of halogens is 1. The van der Waals surface area contributed by atoms with Crippen molar-refractivity contribution < 1.29 is 4.74 Å². The van der Waals surface area contributed by atoms with Crippen molar-refractivity contribution in [3.05, 3.63) is 6.42 Å². The van der Waals surface area contributed by atoms with Crippen LogP contribution in [0.1, 0.15) is 19.3 Å². The third-order valence-corrected chi connectivity index (χ3v) is 3.55. The first-order chi connectivity index (χ1) is 6.77. The molecule has 2 fully saturated rings. The van der Waals surface area contributed by atoms with Gasteiger partial charge in [-0.3, -0.25) is 4.90 Å². The largest absolute Gasteiger partial charge is 0.377 e. The zero-order chi connectivity index (χ0) is 9.97. The van der Waals surface area contributed by atoms with Crippen LogP contribution in [0.3, 0.4) is 0 Å². The first-order valence-electron chi connectivity index (χ1n) is 5.36. The SMILES string of the molecule is NC1[CH]CCN(CC2CCCO2)C1Cl. The number of nitrogens with zero attached hydrogens (tertiary/aromatic N) is 1. The van der Waals surface area contributed by atoms with Gasteiger partial charge >= 0.3 is 0 Å². The summed E-state index contributed by atoms with van der Waals surface area (Å²) in [5, 5.41) is 0. The molecular weight excluding hydrogens is 200 g/mol. The number of nitrogens with two attached hydrogens (primary N) is 1. The van der Waals surface area contributed by atoms with Gasteiger partial charge in [0.2, 0.25) is 0 Å². The van der Waals surface area contributed by atoms with Crippen LogP contribution in [0, 0.1) is 6.42 Å². The van der Waals surface area contributed by atoms with Crippen LogP contribution in [0.2, 0.25) is 0 Å². The lowest BCUT2D eigenvalue weighted by atomic mass is 10.1. The first kappa shape index (κ1) is 10.7. The van der Waals surface area contributed by atoms with Crippen LogP contribution >= 0.6 is 11.6 Å². The maximum atomic E-state index is 6.23. The summed E-state index contributed by atoms with van der Waals surface area (Å²) in [4.78, 5) is 2.24. The molecule has 0 aliphatic carbocycles. The van der Waals surface area contributed by atoms with E-state index in [1.165, 1.54) is 12.8 Å². The van der Waals surface area contributed by atoms with Crippen molar-refractivity contribution in [2.45, 2.75) is 36.9 Å². The molecule has 2 heterocycles. The minimum atomic E-state index is -0.0482. The van der Waals surface area contributed by atoms with E-state index in [1.807, 2.05) is 0 Å². The molecule has 2 N–H and O–H groups in total. The molecule has 81 valence electrons. The maximum Gasteiger partial charge on any atom is 0.101 e. The summed E-state index contributed by atoms with van der Waals surface area (Å²) in [7, 11) is 0. The summed E-state index contributed by atoms with van der Waals surface area (Å²) in [6, 6.07) is 0.00631. The van der Waals surface area contributed by atoms with Gasteiger partial charge in [0, 0.05) is 25.7 Å². The molecule has 3 unspecified atom stereocenters. The summed E-state index contributed by atoms with van der Waals surface area (Å²) >= 11 is 6.23. The highest BCUT2D eigenvalue weighted by atomic mass is 35.5. The zero-order valence-corrected chi connectivity index (χ0v) is 9.12. The quantitative estimate of drug-likeness (QED) is 0.554. The Morgan fingerprint density at radius 1 is 1.57 bits per heavy atom. The van der Waals surface area contributed by atoms with Gasteiger partial charge in [-0.2, -0.15) is 0 Å². The van der Waals surface area contributed by atoms with Gasteiger partial charge in [-0.25, -0.2) is 0 Å². The fraction of sp³-hybridized carbons (Fsp3) is 0.900. The lowest BCUT2D eigenvalue weighted by Gasteiger charge is -2.36. The highest BCUT2D eigenvalue weighted by Crippen LogP contribution is 2.21. The van der Waals surface area contributed by atoms with Crippen molar-refractivity contribution in [3.63, 3.8) is 0 Å². The van der Waals surface area contributed by atoms with Gasteiger partial charge in [0.25, 0.3) is 0 Å². The molecule has 2 aliphatic rings. The van der Waals surface area contributed by atoms with Crippen LogP contribution in [0.5, 0.6) is 0 Å². The lowest BCUT2D eigenvalue weighted by molar-refractivity contribution is 0.0617. The normalized spacial score (nSPS) is 40.3. The summed E-state index contributed by atoms with van der Waals surface area (Å²) in [6.07, 6.45) is 5.87. The van der Waals surface area contributed by atoms with E-state index in [0.29, 0.717) is 6.10 Å². The highest BCUT2D eigenvalue weighted by molar-refractivity contribution is 6.21. The Hall–Kier alpha value is 0.170. The third-order valence-electron chi connectivity index (χ3n) is 2.98. The molecule has 1 radical (unpaired) electrons. The monoisotopic (exact) mass is 217 g/mol. The van der Waals surface area contributed by atoms with Gasteiger partial charge in [-0.15, -0.1) is 11.6 Å². The Morgan fingerprint density at radius 3 is 3.14 bits per heavy atom. The Bertz CT molecular complexity index is 185. The van der Waals surface area contributed by atoms with Gasteiger partial charge in [0.1, 0.15) is 5.50 Å². The van der Waals surface area contributed by atoms with Crippen molar-refractivity contribution in [1.82, 2.24) is 4.90 Å². The molecular formula is C10H18ClN2O. The molecule has 0 aromatic rings. The topological polar surface area (TPSA) is 38.5 Å². The molecule has 2 rings (SSSR count). The molecule has 0 aromatic carbocycles. The highest BCUT2D eigenvalue weighted by Gasteiger charge is 2.30. The molecule has 0 amide bonds. The average Bonchev–Trinajstić information content (AvgIpc) is 2.66. The number of hydrogen-bond acceptors (Lipinski definition) is 3. The maximum absolute atomic E-state index is 6.23. The van der Waals surface area contributed by atoms with Gasteiger partial charge in [-0.1, -0.05) is 0 Å². The second kappa shape index (κ2) is 4.79. The van der Waals surface area contributed by atoms with E-state index in [0.717, 1.165) is 26.1 Å². The Labute approximate surface area is 90.5 Å². The zero-order valence-electron chi connectivity index (χ0n) is 8.36. The van der Waals surface area contributed by atoms with Gasteiger partial charge in [0.15, 0.2) is 0 Å². The molecule has 3 nitrogen and oxygen atoms in total. The van der Waals surface area contributed by atoms with E-state index in [2.05, 4.69) is 11.3 Å². The number of hydrogen-bond donors (Lipinski definition) is 1. The van der Waals surface area contributed by atoms with Crippen LogP contribution in [0.15, 0.2) is 0 Å². The fourth-order valence-corrected chi connectivity index (χ4v) is 2.43. The van der Waals surface area contributed by atoms with Crippen molar-refractivity contribution >= 4 is 11.6 Å². The molecule has 2 saturated heterocycles. The van der Waals surface area contributed by atoms with Crippen LogP contribution in [0.25, 0.3) is 0 Å². The smallest absolute Gasteiger partial charge is 0.101 e. The summed E-state index contributed by atoms with van der Waals surface area (Å²) in [5.41, 5.74) is 5.82. The molecule has 0 saturated carbocycles. The van der Waals surface area contributed by atoms with E-state index in [-0.39, 0.29) is 11.5 Å². The van der Waals surface area contributed by atoms with Gasteiger partial charge in [0.05, 0.1) is 6.10 Å². The Morgan fingerprint density at radius 2 is 2.43 bits per heavy atom. The predicted octanol–water partition coefficient (Wildman–Crippen LogP) is 0.968. The van der Waals surface area contributed by atoms with E-state index in [1.54, 1.807) is 0 Å². The molecule has 14 heavy (non-hydrogen) atoms. The first-order valence-corrected chi connectivity index (χ1v) is 5.79. The van der Waals surface area contributed by atoms with Gasteiger partial charge in [-0.05, 0) is 25.7 Å². The number of rotatable bonds is 2. The number of alkyl halides is 1. The molecule has 4 heteroatoms. The average molecular weight is 218 g/mol. The molecule has 2 aliphatic heterocycles. The Kier molecular flexibility index (Phi) is 3.66. The predicted molar refractivity (Wildman–Crippen MR) is 57.1 cm³/mol. The lowest BCUT2D eigenvalue weighted by Crippen LogP contribution is -2.51. The third kappa shape index (κ3) is 2.40. The minimum absolute atomic E-state index is 0.00631. The number of ether oxygens (including phenoxy) is 1. The molecule has 0 aromatic heterocycles. The second-order valence-electron chi connectivity index (χ2n) is 4.10. The van der Waals surface area contributed by atoms with E-state index in [9.17, 15) is 0 Å². The van der Waals surface area contributed by atoms with Crippen LogP contribution in [-0.4, -0.2) is 42.2 Å². The summed E-state index contributed by atoms with van der Waals surface area (Å²) in [5.74, 6) is 0. The van der Waals surface area contributed by atoms with Crippen molar-refractivity contribution in [2.24, 2.45) is 5.73 Å². The standard InChI is InChI=1S/C10H18ClN2O/c11-10-9(12)4-1-5-13(10)7-8-3-2-6-14-8/h4,8-10H,1-3,5-7,12H2. The van der Waals surface area contributed by atoms with Crippen LogP contribution < -0.4 is 5.73 Å². The fourth-order valence-electron chi connectivity index (χ4n) is 2.15. The molecule has 3 atom stereocenters. The van der Waals surface area contributed by atoms with E-state index in [4.69, 9.17) is 22.1 Å². The van der Waals surface area contributed by atoms with Crippen molar-refractivity contribution in [2.75, 3.05) is 19.7 Å². The molecule has 0 spiro atoms. The number of likely N-dealkylation sites (tertiary alicyclic amines) is 1. The second-order valence-corrected chi connectivity index (χ2v) is 4.55.